The van der Waals surface area contributed by atoms with Gasteiger partial charge in [0, 0.05) is 18.1 Å². The predicted octanol–water partition coefficient (Wildman–Crippen LogP) is 1.79. The zero-order valence-electron chi connectivity index (χ0n) is 10.6. The van der Waals surface area contributed by atoms with Gasteiger partial charge in [-0.1, -0.05) is 6.08 Å². The lowest BCUT2D eigenvalue weighted by Crippen LogP contribution is -2.42. The third-order valence-corrected chi connectivity index (χ3v) is 3.31. The highest BCUT2D eigenvalue weighted by Crippen LogP contribution is 1.99. The number of thioether (sulfide) groups is 1. The second-order valence-electron chi connectivity index (χ2n) is 3.84. The van der Waals surface area contributed by atoms with E-state index >= 15 is 0 Å². The number of hydrogen-bond acceptors (Lipinski definition) is 4. The fourth-order valence-electron chi connectivity index (χ4n) is 1.35. The van der Waals surface area contributed by atoms with Crippen LogP contribution in [-0.2, 0) is 11.3 Å². The van der Waals surface area contributed by atoms with E-state index in [4.69, 9.17) is 4.42 Å². The second-order valence-corrected chi connectivity index (χ2v) is 4.99. The lowest BCUT2D eigenvalue weighted by molar-refractivity contribution is -0.122. The molecule has 0 aromatic carbocycles. The fraction of sp³-hybridized carbons (Fsp3) is 0.462. The molecule has 0 saturated heterocycles. The Morgan fingerprint density at radius 1 is 1.67 bits per heavy atom. The number of furan rings is 1. The van der Waals surface area contributed by atoms with Crippen molar-refractivity contribution >= 4 is 17.7 Å². The highest BCUT2D eigenvalue weighted by molar-refractivity contribution is 7.99. The highest BCUT2D eigenvalue weighted by atomic mass is 32.2. The molecule has 2 N–H and O–H groups in total. The fourth-order valence-corrected chi connectivity index (χ4v) is 1.94. The lowest BCUT2D eigenvalue weighted by Gasteiger charge is -2.13. The predicted molar refractivity (Wildman–Crippen MR) is 75.5 cm³/mol. The van der Waals surface area contributed by atoms with Gasteiger partial charge in [0.1, 0.15) is 5.76 Å². The van der Waals surface area contributed by atoms with Crippen LogP contribution in [0.1, 0.15) is 12.7 Å². The molecule has 1 aromatic rings. The zero-order chi connectivity index (χ0) is 13.2. The second kappa shape index (κ2) is 8.83. The molecule has 0 spiro atoms. The molecule has 4 nitrogen and oxygen atoms in total. The van der Waals surface area contributed by atoms with E-state index in [1.165, 1.54) is 0 Å². The quantitative estimate of drug-likeness (QED) is 0.529. The van der Waals surface area contributed by atoms with Crippen LogP contribution in [-0.4, -0.2) is 30.0 Å². The Hall–Kier alpha value is -1.20. The minimum atomic E-state index is -0.190. The first kappa shape index (κ1) is 14.9. The summed E-state index contributed by atoms with van der Waals surface area (Å²) in [6.45, 7) is 6.76. The molecule has 5 heteroatoms. The number of carbonyl (C=O) groups is 1. The smallest absolute Gasteiger partial charge is 0.237 e. The molecule has 1 atom stereocenters. The van der Waals surface area contributed by atoms with Crippen LogP contribution in [0.15, 0.2) is 35.5 Å². The largest absolute Gasteiger partial charge is 0.467 e. The van der Waals surface area contributed by atoms with Gasteiger partial charge in [0.15, 0.2) is 0 Å². The average Bonchev–Trinajstić information content (AvgIpc) is 2.88. The van der Waals surface area contributed by atoms with Gasteiger partial charge >= 0.3 is 0 Å². The van der Waals surface area contributed by atoms with Crippen molar-refractivity contribution in [3.8, 4) is 0 Å². The van der Waals surface area contributed by atoms with E-state index in [9.17, 15) is 4.79 Å². The first-order valence-electron chi connectivity index (χ1n) is 5.96. The van der Waals surface area contributed by atoms with E-state index in [1.807, 2.05) is 19.1 Å². The van der Waals surface area contributed by atoms with Crippen LogP contribution >= 0.6 is 11.8 Å². The molecule has 0 radical (unpaired) electrons. The Morgan fingerprint density at radius 2 is 2.50 bits per heavy atom. The summed E-state index contributed by atoms with van der Waals surface area (Å²) in [6.07, 6.45) is 3.48. The first-order valence-corrected chi connectivity index (χ1v) is 7.11. The maximum atomic E-state index is 11.7. The van der Waals surface area contributed by atoms with E-state index in [-0.39, 0.29) is 11.9 Å². The Bertz CT molecular complexity index is 352. The molecule has 100 valence electrons. The van der Waals surface area contributed by atoms with E-state index in [1.54, 1.807) is 24.1 Å². The Balaban J connectivity index is 2.10. The van der Waals surface area contributed by atoms with Crippen molar-refractivity contribution in [1.82, 2.24) is 10.6 Å². The normalized spacial score (nSPS) is 12.1. The van der Waals surface area contributed by atoms with Crippen LogP contribution in [0.4, 0.5) is 0 Å². The van der Waals surface area contributed by atoms with E-state index < -0.39 is 0 Å². The summed E-state index contributed by atoms with van der Waals surface area (Å²) >= 11 is 1.79. The topological polar surface area (TPSA) is 54.3 Å². The van der Waals surface area contributed by atoms with Crippen molar-refractivity contribution < 1.29 is 9.21 Å². The standard InChI is InChI=1S/C13H20N2O2S/c1-3-8-18-9-6-14-11(2)13(16)15-10-12-5-4-7-17-12/h3-5,7,11,14H,1,6,8-10H2,2H3,(H,15,16). The summed E-state index contributed by atoms with van der Waals surface area (Å²) in [4.78, 5) is 11.7. The molecule has 1 unspecified atom stereocenters. The molecule has 0 aliphatic rings. The van der Waals surface area contributed by atoms with Crippen molar-refractivity contribution in [3.05, 3.63) is 36.8 Å². The summed E-state index contributed by atoms with van der Waals surface area (Å²) in [6, 6.07) is 3.45. The Kier molecular flexibility index (Phi) is 7.29. The molecule has 1 rings (SSSR count). The zero-order valence-corrected chi connectivity index (χ0v) is 11.5. The van der Waals surface area contributed by atoms with Crippen LogP contribution in [0.2, 0.25) is 0 Å². The van der Waals surface area contributed by atoms with Gasteiger partial charge in [0.25, 0.3) is 0 Å². The van der Waals surface area contributed by atoms with Gasteiger partial charge in [-0.3, -0.25) is 4.79 Å². The monoisotopic (exact) mass is 268 g/mol. The minimum Gasteiger partial charge on any atom is -0.467 e. The van der Waals surface area contributed by atoms with Gasteiger partial charge in [-0.15, -0.1) is 6.58 Å². The summed E-state index contributed by atoms with van der Waals surface area (Å²) in [7, 11) is 0. The van der Waals surface area contributed by atoms with E-state index in [2.05, 4.69) is 17.2 Å². The average molecular weight is 268 g/mol. The molecule has 0 saturated carbocycles. The van der Waals surface area contributed by atoms with Crippen LogP contribution in [0.25, 0.3) is 0 Å². The molecule has 0 aliphatic carbocycles. The number of rotatable bonds is 9. The van der Waals surface area contributed by atoms with Crippen molar-refractivity contribution in [1.29, 1.82) is 0 Å². The number of nitrogens with one attached hydrogen (secondary N) is 2. The molecular formula is C13H20N2O2S. The molecule has 18 heavy (non-hydrogen) atoms. The molecule has 0 aliphatic heterocycles. The Labute approximate surface area is 112 Å². The third-order valence-electron chi connectivity index (χ3n) is 2.34. The van der Waals surface area contributed by atoms with Crippen molar-refractivity contribution in [2.24, 2.45) is 0 Å². The maximum absolute atomic E-state index is 11.7. The molecule has 1 amide bonds. The summed E-state index contributed by atoms with van der Waals surface area (Å²) in [5.74, 6) is 2.67. The van der Waals surface area contributed by atoms with Crippen molar-refractivity contribution in [2.75, 3.05) is 18.1 Å². The van der Waals surface area contributed by atoms with Gasteiger partial charge in [-0.2, -0.15) is 11.8 Å². The van der Waals surface area contributed by atoms with Crippen LogP contribution < -0.4 is 10.6 Å². The minimum absolute atomic E-state index is 0.0138. The van der Waals surface area contributed by atoms with E-state index in [0.29, 0.717) is 6.54 Å². The molecule has 1 heterocycles. The van der Waals surface area contributed by atoms with Crippen LogP contribution in [0, 0.1) is 0 Å². The van der Waals surface area contributed by atoms with Gasteiger partial charge < -0.3 is 15.1 Å². The molecule has 0 bridgehead atoms. The first-order chi connectivity index (χ1) is 8.74. The van der Waals surface area contributed by atoms with Gasteiger partial charge in [-0.05, 0) is 19.1 Å². The summed E-state index contributed by atoms with van der Waals surface area (Å²) in [5, 5.41) is 5.99. The van der Waals surface area contributed by atoms with Crippen LogP contribution in [0.3, 0.4) is 0 Å². The van der Waals surface area contributed by atoms with Gasteiger partial charge in [-0.25, -0.2) is 0 Å². The molecule has 0 fully saturated rings. The molecular weight excluding hydrogens is 248 g/mol. The summed E-state index contributed by atoms with van der Waals surface area (Å²) in [5.41, 5.74) is 0. The van der Waals surface area contributed by atoms with Gasteiger partial charge in [0.05, 0.1) is 18.8 Å². The van der Waals surface area contributed by atoms with Gasteiger partial charge in [0.2, 0.25) is 5.91 Å². The van der Waals surface area contributed by atoms with Crippen LogP contribution in [0.5, 0.6) is 0 Å². The third kappa shape index (κ3) is 5.93. The van der Waals surface area contributed by atoms with Crippen molar-refractivity contribution in [2.45, 2.75) is 19.5 Å². The summed E-state index contributed by atoms with van der Waals surface area (Å²) < 4.78 is 5.14. The number of hydrogen-bond donors (Lipinski definition) is 2. The molecule has 1 aromatic heterocycles. The number of amides is 1. The van der Waals surface area contributed by atoms with E-state index in [0.717, 1.165) is 23.8 Å². The Morgan fingerprint density at radius 3 is 3.17 bits per heavy atom. The SMILES string of the molecule is C=CCSCCNC(C)C(=O)NCc1ccco1. The highest BCUT2D eigenvalue weighted by Gasteiger charge is 2.11. The number of carbonyl (C=O) groups excluding carboxylic acids is 1. The maximum Gasteiger partial charge on any atom is 0.237 e. The van der Waals surface area contributed by atoms with Crippen molar-refractivity contribution in [3.63, 3.8) is 0 Å². The lowest BCUT2D eigenvalue weighted by atomic mass is 10.3.